The van der Waals surface area contributed by atoms with E-state index in [0.29, 0.717) is 6.42 Å². The molecule has 0 aliphatic heterocycles. The fraction of sp³-hybridized carbons (Fsp3) is 0.579. The summed E-state index contributed by atoms with van der Waals surface area (Å²) in [5.74, 6) is -0.909. The van der Waals surface area contributed by atoms with Gasteiger partial charge in [0.2, 0.25) is 0 Å². The molecule has 5 heteroatoms. The van der Waals surface area contributed by atoms with Gasteiger partial charge < -0.3 is 9.84 Å². The molecule has 0 heterocycles. The van der Waals surface area contributed by atoms with Crippen molar-refractivity contribution in [3.05, 3.63) is 35.9 Å². The van der Waals surface area contributed by atoms with Crippen LogP contribution in [0.1, 0.15) is 51.5 Å². The van der Waals surface area contributed by atoms with Crippen LogP contribution in [-0.2, 0) is 16.1 Å². The summed E-state index contributed by atoms with van der Waals surface area (Å²) >= 11 is 0. The van der Waals surface area contributed by atoms with E-state index in [0.717, 1.165) is 31.2 Å². The molecule has 0 radical (unpaired) electrons. The molecule has 1 aromatic rings. The van der Waals surface area contributed by atoms with Crippen molar-refractivity contribution < 1.29 is 19.4 Å². The molecule has 1 atom stereocenters. The molecule has 1 N–H and O–H groups in total. The number of aliphatic carboxylic acids is 1. The zero-order valence-electron chi connectivity index (χ0n) is 14.3. The molecule has 5 nitrogen and oxygen atoms in total. The number of carboxylic acid groups (broad SMARTS) is 1. The van der Waals surface area contributed by atoms with Gasteiger partial charge in [-0.1, -0.05) is 44.2 Å². The van der Waals surface area contributed by atoms with Gasteiger partial charge in [-0.15, -0.1) is 0 Å². The number of carbonyl (C=O) groups excluding carboxylic acids is 1. The first-order valence-corrected chi connectivity index (χ1v) is 8.62. The lowest BCUT2D eigenvalue weighted by Gasteiger charge is -2.46. The third-order valence-electron chi connectivity index (χ3n) is 5.54. The van der Waals surface area contributed by atoms with Crippen LogP contribution in [0.25, 0.3) is 0 Å². The summed E-state index contributed by atoms with van der Waals surface area (Å²) in [6.45, 7) is 4.07. The number of hydrogen-bond donors (Lipinski definition) is 1. The van der Waals surface area contributed by atoms with Crippen molar-refractivity contribution in [3.8, 4) is 0 Å². The number of carbonyl (C=O) groups is 2. The first-order chi connectivity index (χ1) is 11.4. The van der Waals surface area contributed by atoms with E-state index in [4.69, 9.17) is 4.74 Å². The second-order valence-corrected chi connectivity index (χ2v) is 7.54. The van der Waals surface area contributed by atoms with Crippen LogP contribution in [0.4, 0.5) is 4.79 Å². The van der Waals surface area contributed by atoms with Crippen molar-refractivity contribution in [2.24, 2.45) is 5.41 Å². The van der Waals surface area contributed by atoms with Crippen LogP contribution in [-0.4, -0.2) is 33.6 Å². The third kappa shape index (κ3) is 2.76. The molecule has 3 rings (SSSR count). The minimum Gasteiger partial charge on any atom is -0.479 e. The number of carboxylic acids is 1. The Balaban J connectivity index is 1.83. The lowest BCUT2D eigenvalue weighted by molar-refractivity contribution is -0.158. The van der Waals surface area contributed by atoms with Crippen molar-refractivity contribution in [1.29, 1.82) is 0 Å². The Morgan fingerprint density at radius 2 is 1.88 bits per heavy atom. The minimum absolute atomic E-state index is 0.0123. The Kier molecular flexibility index (Phi) is 4.28. The molecule has 2 saturated carbocycles. The topological polar surface area (TPSA) is 66.8 Å². The summed E-state index contributed by atoms with van der Waals surface area (Å²) in [7, 11) is 0. The van der Waals surface area contributed by atoms with Crippen LogP contribution in [0.15, 0.2) is 30.3 Å². The minimum atomic E-state index is -1.16. The SMILES string of the molecule is CC1(C)CCCC1(C(=O)O)N(C(=O)OCc1ccccc1)C1CC1. The summed E-state index contributed by atoms with van der Waals surface area (Å²) in [6, 6.07) is 9.45. The van der Waals surface area contributed by atoms with Gasteiger partial charge >= 0.3 is 12.1 Å². The zero-order chi connectivity index (χ0) is 17.4. The molecule has 0 saturated heterocycles. The smallest absolute Gasteiger partial charge is 0.411 e. The monoisotopic (exact) mass is 331 g/mol. The van der Waals surface area contributed by atoms with Crippen molar-refractivity contribution in [1.82, 2.24) is 4.90 Å². The predicted molar refractivity (Wildman–Crippen MR) is 89.5 cm³/mol. The Labute approximate surface area is 142 Å². The molecule has 0 bridgehead atoms. The van der Waals surface area contributed by atoms with E-state index < -0.39 is 23.0 Å². The summed E-state index contributed by atoms with van der Waals surface area (Å²) in [6.07, 6.45) is 3.31. The van der Waals surface area contributed by atoms with Crippen molar-refractivity contribution in [3.63, 3.8) is 0 Å². The number of hydrogen-bond acceptors (Lipinski definition) is 3. The van der Waals surface area contributed by atoms with Crippen LogP contribution in [0.3, 0.4) is 0 Å². The van der Waals surface area contributed by atoms with Crippen molar-refractivity contribution >= 4 is 12.1 Å². The second kappa shape index (κ2) is 6.11. The number of rotatable bonds is 5. The second-order valence-electron chi connectivity index (χ2n) is 7.54. The quantitative estimate of drug-likeness (QED) is 0.890. The number of amides is 1. The molecule has 1 amide bonds. The van der Waals surface area contributed by atoms with Gasteiger partial charge in [-0.3, -0.25) is 4.90 Å². The van der Waals surface area contributed by atoms with Crippen LogP contribution < -0.4 is 0 Å². The van der Waals surface area contributed by atoms with Gasteiger partial charge in [-0.25, -0.2) is 9.59 Å². The summed E-state index contributed by atoms with van der Waals surface area (Å²) < 4.78 is 5.50. The molecule has 2 fully saturated rings. The van der Waals surface area contributed by atoms with E-state index in [1.165, 1.54) is 0 Å². The lowest BCUT2D eigenvalue weighted by atomic mass is 9.73. The van der Waals surface area contributed by atoms with Crippen LogP contribution in [0, 0.1) is 5.41 Å². The van der Waals surface area contributed by atoms with Gasteiger partial charge in [0.15, 0.2) is 0 Å². The normalized spacial score (nSPS) is 25.2. The van der Waals surface area contributed by atoms with Crippen molar-refractivity contribution in [2.75, 3.05) is 0 Å². The Morgan fingerprint density at radius 3 is 2.38 bits per heavy atom. The van der Waals surface area contributed by atoms with Crippen molar-refractivity contribution in [2.45, 2.75) is 64.1 Å². The standard InChI is InChI=1S/C19H25NO4/c1-18(2)11-6-12-19(18,16(21)22)20(15-9-10-15)17(23)24-13-14-7-4-3-5-8-14/h3-5,7-8,15H,6,9-13H2,1-2H3,(H,21,22). The largest absolute Gasteiger partial charge is 0.479 e. The molecule has 2 aliphatic rings. The van der Waals surface area contributed by atoms with E-state index in [2.05, 4.69) is 0 Å². The molecule has 130 valence electrons. The third-order valence-corrected chi connectivity index (χ3v) is 5.54. The highest BCUT2D eigenvalue weighted by Crippen LogP contribution is 2.53. The highest BCUT2D eigenvalue weighted by molar-refractivity contribution is 5.86. The molecule has 1 aromatic carbocycles. The van der Waals surface area contributed by atoms with E-state index in [-0.39, 0.29) is 12.6 Å². The molecular formula is C19H25NO4. The molecule has 1 unspecified atom stereocenters. The fourth-order valence-corrected chi connectivity index (χ4v) is 4.02. The summed E-state index contributed by atoms with van der Waals surface area (Å²) in [4.78, 5) is 26.6. The van der Waals surface area contributed by atoms with Gasteiger partial charge in [0.25, 0.3) is 0 Å². The van der Waals surface area contributed by atoms with Crippen LogP contribution in [0.5, 0.6) is 0 Å². The predicted octanol–water partition coefficient (Wildman–Crippen LogP) is 3.82. The summed E-state index contributed by atoms with van der Waals surface area (Å²) in [5, 5.41) is 10.0. The highest BCUT2D eigenvalue weighted by Gasteiger charge is 2.63. The maximum absolute atomic E-state index is 12.8. The zero-order valence-corrected chi connectivity index (χ0v) is 14.3. The van der Waals surface area contributed by atoms with Gasteiger partial charge in [-0.05, 0) is 43.1 Å². The first kappa shape index (κ1) is 16.8. The molecule has 2 aliphatic carbocycles. The maximum atomic E-state index is 12.8. The van der Waals surface area contributed by atoms with E-state index >= 15 is 0 Å². The first-order valence-electron chi connectivity index (χ1n) is 8.62. The molecule has 24 heavy (non-hydrogen) atoms. The van der Waals surface area contributed by atoms with Crippen LogP contribution in [0.2, 0.25) is 0 Å². The Hall–Kier alpha value is -2.04. The fourth-order valence-electron chi connectivity index (χ4n) is 4.02. The van der Waals surface area contributed by atoms with E-state index in [9.17, 15) is 14.7 Å². The average Bonchev–Trinajstić information content (AvgIpc) is 3.31. The highest BCUT2D eigenvalue weighted by atomic mass is 16.6. The summed E-state index contributed by atoms with van der Waals surface area (Å²) in [5.41, 5.74) is -0.730. The number of benzene rings is 1. The molecule has 0 spiro atoms. The van der Waals surface area contributed by atoms with Gasteiger partial charge in [0.1, 0.15) is 12.1 Å². The Bertz CT molecular complexity index is 624. The number of nitrogens with zero attached hydrogens (tertiary/aromatic N) is 1. The van der Waals surface area contributed by atoms with E-state index in [1.54, 1.807) is 4.90 Å². The van der Waals surface area contributed by atoms with Gasteiger partial charge in [0.05, 0.1) is 0 Å². The van der Waals surface area contributed by atoms with E-state index in [1.807, 2.05) is 44.2 Å². The van der Waals surface area contributed by atoms with Gasteiger partial charge in [0, 0.05) is 6.04 Å². The average molecular weight is 331 g/mol. The Morgan fingerprint density at radius 1 is 1.21 bits per heavy atom. The van der Waals surface area contributed by atoms with Crippen LogP contribution >= 0.6 is 0 Å². The molecule has 0 aromatic heterocycles. The lowest BCUT2D eigenvalue weighted by Crippen LogP contribution is -2.63. The molecular weight excluding hydrogens is 306 g/mol. The van der Waals surface area contributed by atoms with Gasteiger partial charge in [-0.2, -0.15) is 0 Å². The maximum Gasteiger partial charge on any atom is 0.411 e. The number of ether oxygens (including phenoxy) is 1.